The molecule has 2 fully saturated rings. The van der Waals surface area contributed by atoms with Gasteiger partial charge in [0.2, 0.25) is 0 Å². The Balaban J connectivity index is 1.54. The minimum absolute atomic E-state index is 0.00842. The van der Waals surface area contributed by atoms with Crippen LogP contribution in [0, 0.1) is 13.8 Å². The number of hydrogen-bond donors (Lipinski definition) is 0. The van der Waals surface area contributed by atoms with Crippen LogP contribution in [0.5, 0.6) is 0 Å². The summed E-state index contributed by atoms with van der Waals surface area (Å²) in [5.74, 6) is 0.454. The number of piperidine rings is 1. The van der Waals surface area contributed by atoms with Crippen LogP contribution < -0.4 is 0 Å². The Morgan fingerprint density at radius 3 is 2.75 bits per heavy atom. The van der Waals surface area contributed by atoms with Gasteiger partial charge in [-0.1, -0.05) is 11.6 Å². The largest absolute Gasteiger partial charge is 0.449 e. The lowest BCUT2D eigenvalue weighted by Gasteiger charge is -2.37. The van der Waals surface area contributed by atoms with Crippen LogP contribution in [0.1, 0.15) is 47.4 Å². The van der Waals surface area contributed by atoms with Gasteiger partial charge in [0, 0.05) is 43.2 Å². The summed E-state index contributed by atoms with van der Waals surface area (Å²) in [5, 5.41) is 1.51. The first-order valence-corrected chi connectivity index (χ1v) is 10.7. The van der Waals surface area contributed by atoms with Gasteiger partial charge in [0.15, 0.2) is 11.3 Å². The highest BCUT2D eigenvalue weighted by Gasteiger charge is 2.31. The van der Waals surface area contributed by atoms with Gasteiger partial charge in [-0.05, 0) is 57.2 Å². The number of nitrogens with zero attached hydrogens (tertiary/aromatic N) is 2. The van der Waals surface area contributed by atoms with E-state index < -0.39 is 0 Å². The van der Waals surface area contributed by atoms with Crippen LogP contribution in [0.25, 0.3) is 11.0 Å². The Labute approximate surface area is 171 Å². The molecule has 0 spiro atoms. The highest BCUT2D eigenvalue weighted by Crippen LogP contribution is 2.34. The van der Waals surface area contributed by atoms with Crippen LogP contribution in [0.15, 0.2) is 16.5 Å². The summed E-state index contributed by atoms with van der Waals surface area (Å²) in [5.41, 5.74) is 2.58. The number of hydrogen-bond acceptors (Lipinski definition) is 4. The zero-order valence-electron chi connectivity index (χ0n) is 16.8. The number of morpholine rings is 1. The lowest BCUT2D eigenvalue weighted by molar-refractivity contribution is 0.0290. The molecular formula is C22H29ClN2O3. The van der Waals surface area contributed by atoms with Crippen LogP contribution in [0.2, 0.25) is 5.02 Å². The first-order valence-electron chi connectivity index (χ1n) is 10.3. The molecule has 3 heterocycles. The Kier molecular flexibility index (Phi) is 5.95. The highest BCUT2D eigenvalue weighted by molar-refractivity contribution is 6.35. The monoisotopic (exact) mass is 404 g/mol. The normalized spacial score (nSPS) is 21.4. The number of halogens is 1. The standard InChI is InChI=1S/C22H29ClN2O3/c1-15-13-18-16(2)20(28-21(18)19(23)14-15)22(26)25-7-4-3-5-17(25)6-8-24-9-11-27-12-10-24/h13-14,17H,3-12H2,1-2H3/t17-/m1/s1. The SMILES string of the molecule is Cc1cc(Cl)c2oc(C(=O)N3CCCC[C@@H]3CCN3CCOCC3)c(C)c2c1. The quantitative estimate of drug-likeness (QED) is 0.756. The number of furan rings is 1. The zero-order chi connectivity index (χ0) is 19.7. The molecule has 5 nitrogen and oxygen atoms in total. The van der Waals surface area contributed by atoms with Crippen molar-refractivity contribution in [3.05, 3.63) is 34.0 Å². The molecule has 0 unspecified atom stereocenters. The molecule has 1 amide bonds. The summed E-state index contributed by atoms with van der Waals surface area (Å²) in [6.45, 7) is 9.38. The fraction of sp³-hybridized carbons (Fsp3) is 0.591. The van der Waals surface area contributed by atoms with Crippen molar-refractivity contribution in [2.75, 3.05) is 39.4 Å². The maximum Gasteiger partial charge on any atom is 0.290 e. The molecule has 152 valence electrons. The van der Waals surface area contributed by atoms with Gasteiger partial charge >= 0.3 is 0 Å². The molecular weight excluding hydrogens is 376 g/mol. The number of ether oxygens (including phenoxy) is 1. The molecule has 1 aromatic carbocycles. The second kappa shape index (κ2) is 8.44. The van der Waals surface area contributed by atoms with E-state index in [1.54, 1.807) is 0 Å². The predicted molar refractivity (Wildman–Crippen MR) is 111 cm³/mol. The number of carbonyl (C=O) groups excluding carboxylic acids is 1. The van der Waals surface area contributed by atoms with Gasteiger partial charge in [-0.25, -0.2) is 0 Å². The fourth-order valence-electron chi connectivity index (χ4n) is 4.47. The number of fused-ring (bicyclic) bond motifs is 1. The van der Waals surface area contributed by atoms with Gasteiger partial charge in [0.25, 0.3) is 5.91 Å². The van der Waals surface area contributed by atoms with E-state index in [0.29, 0.717) is 16.4 Å². The molecule has 1 aromatic heterocycles. The zero-order valence-corrected chi connectivity index (χ0v) is 17.6. The second-order valence-corrected chi connectivity index (χ2v) is 8.48. The second-order valence-electron chi connectivity index (χ2n) is 8.07. The van der Waals surface area contributed by atoms with E-state index in [4.69, 9.17) is 20.8 Å². The van der Waals surface area contributed by atoms with Crippen molar-refractivity contribution >= 4 is 28.5 Å². The van der Waals surface area contributed by atoms with E-state index in [0.717, 1.165) is 75.2 Å². The molecule has 1 atom stereocenters. The molecule has 2 saturated heterocycles. The minimum atomic E-state index is 0.00842. The number of amides is 1. The average Bonchev–Trinajstić information content (AvgIpc) is 3.04. The topological polar surface area (TPSA) is 45.9 Å². The third-order valence-corrected chi connectivity index (χ3v) is 6.38. The van der Waals surface area contributed by atoms with Gasteiger partial charge in [-0.15, -0.1) is 0 Å². The van der Waals surface area contributed by atoms with Crippen LogP contribution in [-0.2, 0) is 4.74 Å². The van der Waals surface area contributed by atoms with Gasteiger partial charge in [-0.3, -0.25) is 9.69 Å². The number of likely N-dealkylation sites (tertiary alicyclic amines) is 1. The van der Waals surface area contributed by atoms with Gasteiger partial charge < -0.3 is 14.1 Å². The molecule has 0 radical (unpaired) electrons. The van der Waals surface area contributed by atoms with Crippen LogP contribution in [-0.4, -0.2) is 61.1 Å². The van der Waals surface area contributed by atoms with Crippen molar-refractivity contribution < 1.29 is 13.9 Å². The van der Waals surface area contributed by atoms with E-state index in [-0.39, 0.29) is 11.9 Å². The molecule has 0 aliphatic carbocycles. The molecule has 0 bridgehead atoms. The van der Waals surface area contributed by atoms with Crippen molar-refractivity contribution in [3.8, 4) is 0 Å². The van der Waals surface area contributed by atoms with Crippen molar-refractivity contribution in [3.63, 3.8) is 0 Å². The molecule has 2 aliphatic heterocycles. The van der Waals surface area contributed by atoms with Crippen molar-refractivity contribution in [2.45, 2.75) is 45.6 Å². The highest BCUT2D eigenvalue weighted by atomic mass is 35.5. The average molecular weight is 405 g/mol. The van der Waals surface area contributed by atoms with Crippen LogP contribution >= 0.6 is 11.6 Å². The number of carbonyl (C=O) groups is 1. The molecule has 0 saturated carbocycles. The molecule has 2 aromatic rings. The Hall–Kier alpha value is -1.56. The lowest BCUT2D eigenvalue weighted by Crippen LogP contribution is -2.46. The minimum Gasteiger partial charge on any atom is -0.449 e. The Morgan fingerprint density at radius 1 is 1.18 bits per heavy atom. The maximum atomic E-state index is 13.4. The van der Waals surface area contributed by atoms with Gasteiger partial charge in [-0.2, -0.15) is 0 Å². The summed E-state index contributed by atoms with van der Waals surface area (Å²) in [7, 11) is 0. The van der Waals surface area contributed by atoms with Gasteiger partial charge in [0.1, 0.15) is 0 Å². The number of benzene rings is 1. The van der Waals surface area contributed by atoms with E-state index in [1.807, 2.05) is 30.9 Å². The van der Waals surface area contributed by atoms with Crippen LogP contribution in [0.4, 0.5) is 0 Å². The summed E-state index contributed by atoms with van der Waals surface area (Å²) >= 11 is 6.37. The lowest BCUT2D eigenvalue weighted by atomic mass is 9.98. The first kappa shape index (κ1) is 19.7. The number of rotatable bonds is 4. The van der Waals surface area contributed by atoms with Crippen LogP contribution in [0.3, 0.4) is 0 Å². The first-order chi connectivity index (χ1) is 13.5. The van der Waals surface area contributed by atoms with E-state index in [9.17, 15) is 4.79 Å². The summed E-state index contributed by atoms with van der Waals surface area (Å²) in [6.07, 6.45) is 4.31. The molecule has 0 N–H and O–H groups in total. The van der Waals surface area contributed by atoms with Gasteiger partial charge in [0.05, 0.1) is 18.2 Å². The molecule has 6 heteroatoms. The molecule has 4 rings (SSSR count). The van der Waals surface area contributed by atoms with E-state index in [2.05, 4.69) is 4.90 Å². The van der Waals surface area contributed by atoms with Crippen molar-refractivity contribution in [1.82, 2.24) is 9.80 Å². The van der Waals surface area contributed by atoms with Crippen molar-refractivity contribution in [2.24, 2.45) is 0 Å². The number of aryl methyl sites for hydroxylation is 2. The van der Waals surface area contributed by atoms with Crippen molar-refractivity contribution in [1.29, 1.82) is 0 Å². The summed E-state index contributed by atoms with van der Waals surface area (Å²) < 4.78 is 11.4. The molecule has 2 aliphatic rings. The Morgan fingerprint density at radius 2 is 1.96 bits per heavy atom. The fourth-order valence-corrected chi connectivity index (χ4v) is 4.78. The maximum absolute atomic E-state index is 13.4. The van der Waals surface area contributed by atoms with E-state index in [1.165, 1.54) is 6.42 Å². The predicted octanol–water partition coefficient (Wildman–Crippen LogP) is 4.42. The third-order valence-electron chi connectivity index (χ3n) is 6.10. The smallest absolute Gasteiger partial charge is 0.290 e. The summed E-state index contributed by atoms with van der Waals surface area (Å²) in [4.78, 5) is 17.9. The molecule has 28 heavy (non-hydrogen) atoms. The van der Waals surface area contributed by atoms with E-state index >= 15 is 0 Å². The third kappa shape index (κ3) is 3.93. The summed E-state index contributed by atoms with van der Waals surface area (Å²) in [6, 6.07) is 4.20. The Bertz CT molecular complexity index is 857.